The van der Waals surface area contributed by atoms with Crippen LogP contribution in [0.5, 0.6) is 0 Å². The summed E-state index contributed by atoms with van der Waals surface area (Å²) in [5, 5.41) is 2.65. The lowest BCUT2D eigenvalue weighted by molar-refractivity contribution is 0.137. The quantitative estimate of drug-likeness (QED) is 0.805. The van der Waals surface area contributed by atoms with E-state index in [1.165, 1.54) is 0 Å². The van der Waals surface area contributed by atoms with Gasteiger partial charge in [-0.3, -0.25) is 0 Å². The van der Waals surface area contributed by atoms with Gasteiger partial charge in [0.25, 0.3) is 0 Å². The average Bonchev–Trinajstić information content (AvgIpc) is 2.15. The Balaban J connectivity index is 0.00000196. The van der Waals surface area contributed by atoms with Crippen molar-refractivity contribution in [3.05, 3.63) is 35.9 Å². The average molecular weight is 195 g/mol. The van der Waals surface area contributed by atoms with Crippen LogP contribution in [0, 0.1) is 0 Å². The highest BCUT2D eigenvalue weighted by Crippen LogP contribution is 2.00. The van der Waals surface area contributed by atoms with Crippen molar-refractivity contribution in [2.24, 2.45) is 0 Å². The Hall–Kier alpha value is -1.51. The number of ether oxygens (including phenoxy) is 1. The molecule has 1 N–H and O–H groups in total. The number of amides is 1. The van der Waals surface area contributed by atoms with Gasteiger partial charge in [-0.05, 0) is 19.4 Å². The van der Waals surface area contributed by atoms with Gasteiger partial charge in [-0.15, -0.1) is 0 Å². The highest BCUT2D eigenvalue weighted by Gasteiger charge is 2.03. The first-order valence-corrected chi connectivity index (χ1v) is 4.65. The van der Waals surface area contributed by atoms with Gasteiger partial charge in [-0.25, -0.2) is 4.79 Å². The number of carbonyl (C=O) groups excluding carboxylic acids is 1. The van der Waals surface area contributed by atoms with Gasteiger partial charge in [-0.1, -0.05) is 30.3 Å². The molecule has 3 nitrogen and oxygen atoms in total. The van der Waals surface area contributed by atoms with Crippen molar-refractivity contribution in [2.75, 3.05) is 0 Å². The number of alkyl carbamates (subject to hydrolysis) is 1. The van der Waals surface area contributed by atoms with Gasteiger partial charge >= 0.3 is 6.09 Å². The Morgan fingerprint density at radius 2 is 2.07 bits per heavy atom. The largest absolute Gasteiger partial charge is 0.445 e. The minimum absolute atomic E-state index is 0. The Labute approximate surface area is 85.6 Å². The van der Waals surface area contributed by atoms with E-state index in [2.05, 4.69) is 5.32 Å². The minimum Gasteiger partial charge on any atom is -0.445 e. The van der Waals surface area contributed by atoms with Gasteiger partial charge in [0.15, 0.2) is 0 Å². The summed E-state index contributed by atoms with van der Waals surface area (Å²) in [5.41, 5.74) is 0.992. The fraction of sp³-hybridized carbons (Fsp3) is 0.364. The molecule has 3 heteroatoms. The fourth-order valence-corrected chi connectivity index (χ4v) is 1.00. The van der Waals surface area contributed by atoms with Gasteiger partial charge < -0.3 is 10.1 Å². The monoisotopic (exact) mass is 195 g/mol. The molecule has 0 aliphatic carbocycles. The van der Waals surface area contributed by atoms with Crippen LogP contribution >= 0.6 is 0 Å². The molecule has 0 fully saturated rings. The summed E-state index contributed by atoms with van der Waals surface area (Å²) < 4.78 is 4.99. The van der Waals surface area contributed by atoms with Crippen molar-refractivity contribution in [3.8, 4) is 0 Å². The number of rotatable bonds is 3. The highest BCUT2D eigenvalue weighted by molar-refractivity contribution is 5.67. The van der Waals surface area contributed by atoms with Crippen LogP contribution in [0.2, 0.25) is 0 Å². The Bertz CT molecular complexity index is 288. The second-order valence-electron chi connectivity index (χ2n) is 3.36. The third-order valence-corrected chi connectivity index (χ3v) is 1.62. The molecule has 0 saturated heterocycles. The number of carbonyl (C=O) groups is 1. The molecule has 1 rings (SSSR count). The summed E-state index contributed by atoms with van der Waals surface area (Å²) in [6.07, 6.45) is -0.371. The Kier molecular flexibility index (Phi) is 3.98. The first kappa shape index (κ1) is 10.6. The molecule has 0 atom stereocenters. The molecule has 1 aromatic carbocycles. The van der Waals surface area contributed by atoms with Gasteiger partial charge in [0, 0.05) is 7.47 Å². The summed E-state index contributed by atoms with van der Waals surface area (Å²) >= 11 is 0. The first-order valence-electron chi connectivity index (χ1n) is 4.65. The lowest BCUT2D eigenvalue weighted by atomic mass is 10.2. The molecular weight excluding hydrogens is 178 g/mol. The predicted octanol–water partition coefficient (Wildman–Crippen LogP) is 2.57. The predicted molar refractivity (Wildman–Crippen MR) is 57.0 cm³/mol. The van der Waals surface area contributed by atoms with E-state index in [-0.39, 0.29) is 13.6 Å². The standard InChI is InChI=1S/C11H15NO2.H2/c1-9(2)12-11(13)14-8-10-6-4-3-5-7-10;/h3-7,9H,8H2,1-2H3,(H,12,13);1H. The molecule has 0 aliphatic rings. The topological polar surface area (TPSA) is 38.3 Å². The third kappa shape index (κ3) is 3.94. The lowest BCUT2D eigenvalue weighted by Crippen LogP contribution is -2.30. The van der Waals surface area contributed by atoms with Gasteiger partial charge in [0.2, 0.25) is 0 Å². The summed E-state index contributed by atoms with van der Waals surface area (Å²) in [6, 6.07) is 9.71. The van der Waals surface area contributed by atoms with Crippen LogP contribution in [0.3, 0.4) is 0 Å². The molecular formula is C11H17NO2. The van der Waals surface area contributed by atoms with Crippen LogP contribution in [-0.4, -0.2) is 12.1 Å². The zero-order valence-electron chi connectivity index (χ0n) is 8.49. The maximum atomic E-state index is 11.1. The van der Waals surface area contributed by atoms with E-state index in [4.69, 9.17) is 4.74 Å². The summed E-state index contributed by atoms with van der Waals surface area (Å²) in [6.45, 7) is 4.10. The number of nitrogens with one attached hydrogen (secondary N) is 1. The molecule has 0 bridgehead atoms. The second-order valence-corrected chi connectivity index (χ2v) is 3.36. The highest BCUT2D eigenvalue weighted by atomic mass is 16.5. The van der Waals surface area contributed by atoms with E-state index in [0.717, 1.165) is 5.56 Å². The SMILES string of the molecule is CC(C)NC(=O)OCc1ccccc1.[HH]. The minimum atomic E-state index is -0.371. The van der Waals surface area contributed by atoms with Crippen molar-refractivity contribution in [2.45, 2.75) is 26.5 Å². The van der Waals surface area contributed by atoms with Crippen molar-refractivity contribution < 1.29 is 11.0 Å². The summed E-state index contributed by atoms with van der Waals surface area (Å²) in [4.78, 5) is 11.1. The van der Waals surface area contributed by atoms with E-state index in [1.807, 2.05) is 44.2 Å². The van der Waals surface area contributed by atoms with Crippen LogP contribution in [0.4, 0.5) is 4.79 Å². The van der Waals surface area contributed by atoms with Crippen LogP contribution in [-0.2, 0) is 11.3 Å². The smallest absolute Gasteiger partial charge is 0.407 e. The summed E-state index contributed by atoms with van der Waals surface area (Å²) in [5.74, 6) is 0. The first-order chi connectivity index (χ1) is 6.68. The lowest BCUT2D eigenvalue weighted by Gasteiger charge is -2.08. The molecule has 0 unspecified atom stereocenters. The van der Waals surface area contributed by atoms with E-state index >= 15 is 0 Å². The molecule has 0 aromatic heterocycles. The van der Waals surface area contributed by atoms with E-state index < -0.39 is 0 Å². The number of benzene rings is 1. The van der Waals surface area contributed by atoms with E-state index in [9.17, 15) is 4.79 Å². The third-order valence-electron chi connectivity index (χ3n) is 1.62. The molecule has 0 heterocycles. The molecule has 0 radical (unpaired) electrons. The molecule has 1 amide bonds. The van der Waals surface area contributed by atoms with Gasteiger partial charge in [0.05, 0.1) is 0 Å². The second kappa shape index (κ2) is 5.27. The Morgan fingerprint density at radius 1 is 1.43 bits per heavy atom. The van der Waals surface area contributed by atoms with Crippen LogP contribution in [0.15, 0.2) is 30.3 Å². The van der Waals surface area contributed by atoms with Crippen LogP contribution in [0.25, 0.3) is 0 Å². The van der Waals surface area contributed by atoms with Gasteiger partial charge in [-0.2, -0.15) is 0 Å². The van der Waals surface area contributed by atoms with Crippen molar-refractivity contribution in [3.63, 3.8) is 0 Å². The zero-order chi connectivity index (χ0) is 10.4. The molecule has 0 saturated carbocycles. The summed E-state index contributed by atoms with van der Waals surface area (Å²) in [7, 11) is 0. The molecule has 1 aromatic rings. The maximum absolute atomic E-state index is 11.1. The number of hydrogen-bond acceptors (Lipinski definition) is 2. The van der Waals surface area contributed by atoms with E-state index in [0.29, 0.717) is 6.61 Å². The van der Waals surface area contributed by atoms with Crippen molar-refractivity contribution in [1.82, 2.24) is 5.32 Å². The molecule has 0 aliphatic heterocycles. The fourth-order valence-electron chi connectivity index (χ4n) is 1.00. The van der Waals surface area contributed by atoms with Gasteiger partial charge in [0.1, 0.15) is 6.61 Å². The van der Waals surface area contributed by atoms with E-state index in [1.54, 1.807) is 0 Å². The van der Waals surface area contributed by atoms with Crippen LogP contribution in [0.1, 0.15) is 20.8 Å². The Morgan fingerprint density at radius 3 is 2.64 bits per heavy atom. The number of hydrogen-bond donors (Lipinski definition) is 1. The van der Waals surface area contributed by atoms with Crippen molar-refractivity contribution >= 4 is 6.09 Å². The molecule has 78 valence electrons. The molecule has 14 heavy (non-hydrogen) atoms. The van der Waals surface area contributed by atoms with Crippen LogP contribution < -0.4 is 5.32 Å². The zero-order valence-corrected chi connectivity index (χ0v) is 8.49. The normalized spacial score (nSPS) is 9.93. The van der Waals surface area contributed by atoms with Crippen molar-refractivity contribution in [1.29, 1.82) is 0 Å². The maximum Gasteiger partial charge on any atom is 0.407 e. The molecule has 0 spiro atoms.